The second-order valence-corrected chi connectivity index (χ2v) is 18.4. The molecule has 5 saturated carbocycles. The first-order valence-corrected chi connectivity index (χ1v) is 19.3. The number of aromatic carboxylic acids is 1. The van der Waals surface area contributed by atoms with Crippen molar-refractivity contribution in [3.63, 3.8) is 0 Å². The lowest BCUT2D eigenvalue weighted by molar-refractivity contribution is -0.245. The van der Waals surface area contributed by atoms with E-state index >= 15 is 0 Å². The van der Waals surface area contributed by atoms with Crippen LogP contribution in [0.5, 0.6) is 0 Å². The summed E-state index contributed by atoms with van der Waals surface area (Å²) in [6, 6.07) is 14.6. The molecular formula is C43H60N2O4. The minimum atomic E-state index is -0.969. The van der Waals surface area contributed by atoms with E-state index in [4.69, 9.17) is 0 Å². The standard InChI is InChI=1S/C43H60N2O4/c1-39(2)34-16-20-42(5)35(40(34,3)19-17-36(39)46)15-14-32-33-13-8-18-43(33,22-21-41(32,42)4)27-44-25-28-9-6-11-30(23-28)37(47)45-26-29-10-7-12-31(24-29)38(48)49/h6-7,9-12,23-24,32-36,44,46H,8,13-22,25-27H2,1-5H3,(H,45,47)(H,48,49). The number of hydrogen-bond acceptors (Lipinski definition) is 4. The lowest BCUT2D eigenvalue weighted by Gasteiger charge is -2.72. The topological polar surface area (TPSA) is 98.7 Å². The van der Waals surface area contributed by atoms with E-state index in [0.29, 0.717) is 33.1 Å². The van der Waals surface area contributed by atoms with E-state index < -0.39 is 5.97 Å². The summed E-state index contributed by atoms with van der Waals surface area (Å²) in [7, 11) is 0. The molecule has 4 N–H and O–H groups in total. The van der Waals surface area contributed by atoms with Gasteiger partial charge in [0.2, 0.25) is 0 Å². The Morgan fingerprint density at radius 3 is 2.20 bits per heavy atom. The molecule has 2 aromatic carbocycles. The number of carboxylic acids is 1. The van der Waals surface area contributed by atoms with Crippen LogP contribution in [0, 0.1) is 50.7 Å². The lowest BCUT2D eigenvalue weighted by atomic mass is 9.32. The minimum absolute atomic E-state index is 0.00426. The van der Waals surface area contributed by atoms with Crippen LogP contribution < -0.4 is 10.6 Å². The molecule has 0 aliphatic heterocycles. The van der Waals surface area contributed by atoms with Crippen molar-refractivity contribution in [3.05, 3.63) is 70.8 Å². The lowest BCUT2D eigenvalue weighted by Crippen LogP contribution is -2.66. The van der Waals surface area contributed by atoms with Crippen molar-refractivity contribution >= 4 is 11.9 Å². The molecule has 6 heteroatoms. The Balaban J connectivity index is 1.00. The molecular weight excluding hydrogens is 608 g/mol. The van der Waals surface area contributed by atoms with Crippen molar-refractivity contribution in [3.8, 4) is 0 Å². The normalized spacial score (nSPS) is 39.2. The van der Waals surface area contributed by atoms with Crippen LogP contribution in [0.4, 0.5) is 0 Å². The largest absolute Gasteiger partial charge is 0.478 e. The fraction of sp³-hybridized carbons (Fsp3) is 0.674. The van der Waals surface area contributed by atoms with E-state index in [1.807, 2.05) is 24.3 Å². The molecule has 266 valence electrons. The van der Waals surface area contributed by atoms with Crippen molar-refractivity contribution in [1.82, 2.24) is 10.6 Å². The number of benzene rings is 2. The Hall–Kier alpha value is -2.70. The second-order valence-electron chi connectivity index (χ2n) is 18.4. The number of hydrogen-bond donors (Lipinski definition) is 4. The van der Waals surface area contributed by atoms with E-state index in [1.54, 1.807) is 18.2 Å². The Kier molecular flexibility index (Phi) is 8.87. The molecule has 5 aliphatic carbocycles. The number of carboxylic acid groups (broad SMARTS) is 1. The van der Waals surface area contributed by atoms with Gasteiger partial charge >= 0.3 is 5.97 Å². The third kappa shape index (κ3) is 5.59. The molecule has 5 fully saturated rings. The van der Waals surface area contributed by atoms with Crippen LogP contribution in [0.15, 0.2) is 48.5 Å². The zero-order valence-electron chi connectivity index (χ0n) is 30.6. The molecule has 0 spiro atoms. The van der Waals surface area contributed by atoms with Crippen LogP contribution in [0.2, 0.25) is 0 Å². The van der Waals surface area contributed by atoms with Crippen molar-refractivity contribution in [1.29, 1.82) is 0 Å². The highest BCUT2D eigenvalue weighted by Gasteiger charge is 2.69. The first-order chi connectivity index (χ1) is 23.2. The molecule has 9 atom stereocenters. The van der Waals surface area contributed by atoms with Gasteiger partial charge in [-0.1, -0.05) is 65.3 Å². The highest BCUT2D eigenvalue weighted by molar-refractivity contribution is 5.94. The maximum atomic E-state index is 13.0. The van der Waals surface area contributed by atoms with Crippen LogP contribution in [-0.2, 0) is 13.1 Å². The molecule has 1 amide bonds. The Morgan fingerprint density at radius 1 is 0.735 bits per heavy atom. The predicted molar refractivity (Wildman–Crippen MR) is 194 cm³/mol. The number of aliphatic hydroxyl groups excluding tert-OH is 1. The van der Waals surface area contributed by atoms with Gasteiger partial charge in [0, 0.05) is 25.2 Å². The number of carbonyl (C=O) groups excluding carboxylic acids is 1. The van der Waals surface area contributed by atoms with Crippen molar-refractivity contribution in [2.24, 2.45) is 50.7 Å². The van der Waals surface area contributed by atoms with E-state index in [1.165, 1.54) is 64.2 Å². The summed E-state index contributed by atoms with van der Waals surface area (Å²) in [6.45, 7) is 14.8. The van der Waals surface area contributed by atoms with Gasteiger partial charge in [0.1, 0.15) is 0 Å². The summed E-state index contributed by atoms with van der Waals surface area (Å²) in [5.41, 5.74) is 4.17. The van der Waals surface area contributed by atoms with E-state index in [-0.39, 0.29) is 29.5 Å². The fourth-order valence-electron chi connectivity index (χ4n) is 13.4. The van der Waals surface area contributed by atoms with E-state index in [0.717, 1.165) is 48.4 Å². The maximum Gasteiger partial charge on any atom is 0.335 e. The summed E-state index contributed by atoms with van der Waals surface area (Å²) in [5, 5.41) is 27.2. The SMILES string of the molecule is CC1(C)C(O)CCC2(C)C1CCC1(C)C2CCC2C3CCCC3(CNCc3cccc(C(=O)NCc4cccc(C(=O)O)c4)c3)CCC21C. The summed E-state index contributed by atoms with van der Waals surface area (Å²) < 4.78 is 0. The maximum absolute atomic E-state index is 13.0. The number of nitrogens with one attached hydrogen (secondary N) is 2. The zero-order chi connectivity index (χ0) is 34.8. The van der Waals surface area contributed by atoms with Gasteiger partial charge in [-0.15, -0.1) is 0 Å². The molecule has 0 saturated heterocycles. The third-order valence-electron chi connectivity index (χ3n) is 16.1. The van der Waals surface area contributed by atoms with Gasteiger partial charge < -0.3 is 20.8 Å². The van der Waals surface area contributed by atoms with Gasteiger partial charge in [-0.2, -0.15) is 0 Å². The second kappa shape index (κ2) is 12.5. The van der Waals surface area contributed by atoms with E-state index in [9.17, 15) is 19.8 Å². The van der Waals surface area contributed by atoms with Crippen LogP contribution >= 0.6 is 0 Å². The predicted octanol–water partition coefficient (Wildman–Crippen LogP) is 8.62. The van der Waals surface area contributed by atoms with Crippen molar-refractivity contribution in [2.45, 2.75) is 124 Å². The smallest absolute Gasteiger partial charge is 0.335 e. The van der Waals surface area contributed by atoms with Crippen molar-refractivity contribution in [2.75, 3.05) is 6.54 Å². The molecule has 5 aliphatic rings. The van der Waals surface area contributed by atoms with Crippen molar-refractivity contribution < 1.29 is 19.8 Å². The molecule has 0 aromatic heterocycles. The molecule has 2 aromatic rings. The highest BCUT2D eigenvalue weighted by Crippen LogP contribution is 2.76. The zero-order valence-corrected chi connectivity index (χ0v) is 30.6. The average molecular weight is 669 g/mol. The summed E-state index contributed by atoms with van der Waals surface area (Å²) in [5.74, 6) is 1.81. The molecule has 0 bridgehead atoms. The number of aliphatic hydroxyl groups is 1. The molecule has 49 heavy (non-hydrogen) atoms. The number of rotatable bonds is 8. The Bertz CT molecular complexity index is 1590. The highest BCUT2D eigenvalue weighted by atomic mass is 16.4. The van der Waals surface area contributed by atoms with Gasteiger partial charge in [0.05, 0.1) is 11.7 Å². The van der Waals surface area contributed by atoms with Crippen LogP contribution in [0.1, 0.15) is 137 Å². The Morgan fingerprint density at radius 2 is 1.45 bits per heavy atom. The number of amides is 1. The Labute approximate surface area is 294 Å². The summed E-state index contributed by atoms with van der Waals surface area (Å²) >= 11 is 0. The van der Waals surface area contributed by atoms with Gasteiger partial charge in [-0.25, -0.2) is 4.79 Å². The van der Waals surface area contributed by atoms with Crippen LogP contribution in [0.3, 0.4) is 0 Å². The fourth-order valence-corrected chi connectivity index (χ4v) is 13.4. The monoisotopic (exact) mass is 668 g/mol. The summed E-state index contributed by atoms with van der Waals surface area (Å²) in [6.07, 6.45) is 14.0. The van der Waals surface area contributed by atoms with E-state index in [2.05, 4.69) is 51.3 Å². The molecule has 0 radical (unpaired) electrons. The van der Waals surface area contributed by atoms with Gasteiger partial charge in [-0.05, 0) is 150 Å². The number of fused-ring (bicyclic) bond motifs is 7. The average Bonchev–Trinajstić information content (AvgIpc) is 3.50. The van der Waals surface area contributed by atoms with Gasteiger partial charge in [0.15, 0.2) is 0 Å². The van der Waals surface area contributed by atoms with Gasteiger partial charge in [-0.3, -0.25) is 4.79 Å². The number of carbonyl (C=O) groups is 2. The third-order valence-corrected chi connectivity index (χ3v) is 16.1. The molecule has 6 nitrogen and oxygen atoms in total. The first-order valence-electron chi connectivity index (χ1n) is 19.3. The first kappa shape index (κ1) is 34.7. The quantitative estimate of drug-likeness (QED) is 0.226. The molecule has 7 rings (SSSR count). The molecule has 9 unspecified atom stereocenters. The van der Waals surface area contributed by atoms with Crippen LogP contribution in [0.25, 0.3) is 0 Å². The van der Waals surface area contributed by atoms with Crippen LogP contribution in [-0.4, -0.2) is 34.7 Å². The molecule has 0 heterocycles. The van der Waals surface area contributed by atoms with Gasteiger partial charge in [0.25, 0.3) is 5.91 Å². The minimum Gasteiger partial charge on any atom is -0.478 e. The summed E-state index contributed by atoms with van der Waals surface area (Å²) in [4.78, 5) is 24.4.